The molecule has 0 aliphatic carbocycles. The summed E-state index contributed by atoms with van der Waals surface area (Å²) in [6, 6.07) is 6.38. The maximum absolute atomic E-state index is 12.1. The van der Waals surface area contributed by atoms with Crippen LogP contribution >= 0.6 is 0 Å². The minimum Gasteiger partial charge on any atom is -0.487 e. The number of benzene rings is 1. The lowest BCUT2D eigenvalue weighted by Gasteiger charge is -2.20. The van der Waals surface area contributed by atoms with E-state index in [0.29, 0.717) is 17.7 Å². The van der Waals surface area contributed by atoms with Gasteiger partial charge in [0, 0.05) is 11.1 Å². The molecular formula is C22H30O7. The Labute approximate surface area is 171 Å². The predicted octanol–water partition coefficient (Wildman–Crippen LogP) is 3.54. The monoisotopic (exact) mass is 406 g/mol. The molecule has 7 nitrogen and oxygen atoms in total. The third-order valence-electron chi connectivity index (χ3n) is 4.16. The zero-order chi connectivity index (χ0) is 22.0. The van der Waals surface area contributed by atoms with Crippen molar-refractivity contribution in [3.05, 3.63) is 42.0 Å². The van der Waals surface area contributed by atoms with E-state index in [0.717, 1.165) is 19.3 Å². The summed E-state index contributed by atoms with van der Waals surface area (Å²) in [5.74, 6) is -1.81. The number of hydrogen-bond donors (Lipinski definition) is 2. The summed E-state index contributed by atoms with van der Waals surface area (Å²) in [4.78, 5) is 34.6. The smallest absolute Gasteiger partial charge is 0.334 e. The van der Waals surface area contributed by atoms with Crippen LogP contribution in [0.2, 0.25) is 0 Å². The first kappa shape index (κ1) is 24.4. The molecule has 0 radical (unpaired) electrons. The van der Waals surface area contributed by atoms with Crippen LogP contribution in [-0.4, -0.2) is 46.2 Å². The van der Waals surface area contributed by atoms with Gasteiger partial charge in [-0.25, -0.2) is 4.79 Å². The van der Waals surface area contributed by atoms with Gasteiger partial charge in [-0.1, -0.05) is 26.3 Å². The summed E-state index contributed by atoms with van der Waals surface area (Å²) in [6.07, 6.45) is 2.66. The highest BCUT2D eigenvalue weighted by molar-refractivity contribution is 6.01. The van der Waals surface area contributed by atoms with Crippen molar-refractivity contribution in [2.45, 2.75) is 64.6 Å². The van der Waals surface area contributed by atoms with Gasteiger partial charge in [-0.05, 0) is 51.0 Å². The van der Waals surface area contributed by atoms with Gasteiger partial charge < -0.3 is 19.7 Å². The Bertz CT molecular complexity index is 714. The number of esters is 1. The summed E-state index contributed by atoms with van der Waals surface area (Å²) < 4.78 is 11.1. The standard InChI is InChI=1S/C22H30O7/c1-5-6-7-8-18(14-28-21(26)15(2)13-19(23)24)29-17-11-9-16(10-12-17)20(25)22(3,4)27/h9-12,18,27H,2,5-8,13-14H2,1,3-4H3,(H,23,24). The Kier molecular flexibility index (Phi) is 9.55. The van der Waals surface area contributed by atoms with Crippen LogP contribution in [0.3, 0.4) is 0 Å². The number of rotatable bonds is 13. The van der Waals surface area contributed by atoms with E-state index in [9.17, 15) is 19.5 Å². The number of unbranched alkanes of at least 4 members (excludes halogenated alkanes) is 2. The molecule has 0 aliphatic heterocycles. The predicted molar refractivity (Wildman–Crippen MR) is 108 cm³/mol. The lowest BCUT2D eigenvalue weighted by atomic mass is 9.97. The van der Waals surface area contributed by atoms with E-state index in [4.69, 9.17) is 14.6 Å². The van der Waals surface area contributed by atoms with E-state index in [2.05, 4.69) is 13.5 Å². The molecule has 1 rings (SSSR count). The number of ketones is 1. The third-order valence-corrected chi connectivity index (χ3v) is 4.16. The molecule has 7 heteroatoms. The number of carbonyl (C=O) groups excluding carboxylic acids is 2. The second-order valence-corrected chi connectivity index (χ2v) is 7.42. The lowest BCUT2D eigenvalue weighted by Crippen LogP contribution is -2.31. The van der Waals surface area contributed by atoms with Gasteiger partial charge in [0.1, 0.15) is 24.1 Å². The van der Waals surface area contributed by atoms with Crippen LogP contribution in [0.25, 0.3) is 0 Å². The molecule has 160 valence electrons. The fourth-order valence-corrected chi connectivity index (χ4v) is 2.55. The van der Waals surface area contributed by atoms with Gasteiger partial charge in [-0.2, -0.15) is 0 Å². The molecule has 0 saturated carbocycles. The van der Waals surface area contributed by atoms with Crippen molar-refractivity contribution in [1.29, 1.82) is 0 Å². The highest BCUT2D eigenvalue weighted by atomic mass is 16.6. The molecule has 0 spiro atoms. The number of carboxylic acid groups (broad SMARTS) is 1. The van der Waals surface area contributed by atoms with Gasteiger partial charge in [0.05, 0.1) is 6.42 Å². The molecule has 1 unspecified atom stereocenters. The summed E-state index contributed by atoms with van der Waals surface area (Å²) in [7, 11) is 0. The Hall–Kier alpha value is -2.67. The average molecular weight is 406 g/mol. The topological polar surface area (TPSA) is 110 Å². The van der Waals surface area contributed by atoms with Gasteiger partial charge in [-0.3, -0.25) is 9.59 Å². The molecule has 0 saturated heterocycles. The maximum atomic E-state index is 12.1. The zero-order valence-corrected chi connectivity index (χ0v) is 17.3. The Balaban J connectivity index is 2.74. The maximum Gasteiger partial charge on any atom is 0.334 e. The zero-order valence-electron chi connectivity index (χ0n) is 17.3. The highest BCUT2D eigenvalue weighted by Gasteiger charge is 2.25. The summed E-state index contributed by atoms with van der Waals surface area (Å²) in [5, 5.41) is 18.6. The fourth-order valence-electron chi connectivity index (χ4n) is 2.55. The van der Waals surface area contributed by atoms with Crippen LogP contribution in [-0.2, 0) is 14.3 Å². The summed E-state index contributed by atoms with van der Waals surface area (Å²) in [6.45, 7) is 8.32. The molecule has 0 aliphatic rings. The van der Waals surface area contributed by atoms with E-state index in [1.807, 2.05) is 0 Å². The number of aliphatic carboxylic acids is 1. The first-order chi connectivity index (χ1) is 13.5. The Morgan fingerprint density at radius 1 is 1.14 bits per heavy atom. The number of aliphatic hydroxyl groups is 1. The largest absolute Gasteiger partial charge is 0.487 e. The first-order valence-electron chi connectivity index (χ1n) is 9.65. The lowest BCUT2D eigenvalue weighted by molar-refractivity contribution is -0.144. The first-order valence-corrected chi connectivity index (χ1v) is 9.65. The summed E-state index contributed by atoms with van der Waals surface area (Å²) >= 11 is 0. The third kappa shape index (κ3) is 8.91. The average Bonchev–Trinajstić information content (AvgIpc) is 2.64. The highest BCUT2D eigenvalue weighted by Crippen LogP contribution is 2.20. The number of Topliss-reactive ketones (excluding diaryl/α,β-unsaturated/α-hetero) is 1. The van der Waals surface area contributed by atoms with E-state index >= 15 is 0 Å². The number of ether oxygens (including phenoxy) is 2. The minimum atomic E-state index is -1.46. The van der Waals surface area contributed by atoms with Crippen molar-refractivity contribution in [2.75, 3.05) is 6.61 Å². The van der Waals surface area contributed by atoms with Crippen LogP contribution in [0.15, 0.2) is 36.4 Å². The number of hydrogen-bond acceptors (Lipinski definition) is 6. The van der Waals surface area contributed by atoms with Crippen molar-refractivity contribution in [3.63, 3.8) is 0 Å². The van der Waals surface area contributed by atoms with E-state index in [1.54, 1.807) is 24.3 Å². The van der Waals surface area contributed by atoms with Crippen molar-refractivity contribution < 1.29 is 34.1 Å². The van der Waals surface area contributed by atoms with Crippen LogP contribution in [0.1, 0.15) is 63.2 Å². The van der Waals surface area contributed by atoms with Crippen molar-refractivity contribution in [3.8, 4) is 5.75 Å². The summed E-state index contributed by atoms with van der Waals surface area (Å²) in [5.41, 5.74) is -1.22. The second-order valence-electron chi connectivity index (χ2n) is 7.42. The molecule has 0 heterocycles. The van der Waals surface area contributed by atoms with E-state index in [1.165, 1.54) is 13.8 Å². The molecule has 29 heavy (non-hydrogen) atoms. The molecule has 1 atom stereocenters. The van der Waals surface area contributed by atoms with Crippen molar-refractivity contribution in [2.24, 2.45) is 0 Å². The van der Waals surface area contributed by atoms with Crippen LogP contribution in [0, 0.1) is 0 Å². The van der Waals surface area contributed by atoms with Gasteiger partial charge in [0.25, 0.3) is 0 Å². The normalized spacial score (nSPS) is 12.1. The molecule has 0 bridgehead atoms. The van der Waals surface area contributed by atoms with Crippen LogP contribution in [0.4, 0.5) is 0 Å². The molecule has 0 amide bonds. The number of carbonyl (C=O) groups is 3. The van der Waals surface area contributed by atoms with Crippen LogP contribution in [0.5, 0.6) is 5.75 Å². The second kappa shape index (κ2) is 11.4. The molecule has 2 N–H and O–H groups in total. The van der Waals surface area contributed by atoms with Crippen molar-refractivity contribution in [1.82, 2.24) is 0 Å². The minimum absolute atomic E-state index is 0.0362. The molecule has 0 aromatic heterocycles. The van der Waals surface area contributed by atoms with Gasteiger partial charge in [-0.15, -0.1) is 0 Å². The van der Waals surface area contributed by atoms with E-state index in [-0.39, 0.29) is 12.2 Å². The molecular weight excluding hydrogens is 376 g/mol. The quantitative estimate of drug-likeness (QED) is 0.223. The van der Waals surface area contributed by atoms with Gasteiger partial charge in [0.2, 0.25) is 0 Å². The molecule has 0 fully saturated rings. The molecule has 1 aromatic carbocycles. The van der Waals surface area contributed by atoms with Crippen LogP contribution < -0.4 is 4.74 Å². The van der Waals surface area contributed by atoms with Gasteiger partial charge in [0.15, 0.2) is 5.78 Å². The fraction of sp³-hybridized carbons (Fsp3) is 0.500. The van der Waals surface area contributed by atoms with E-state index < -0.39 is 35.8 Å². The van der Waals surface area contributed by atoms with Crippen molar-refractivity contribution >= 4 is 17.7 Å². The molecule has 1 aromatic rings. The Morgan fingerprint density at radius 3 is 2.28 bits per heavy atom. The van der Waals surface area contributed by atoms with Gasteiger partial charge >= 0.3 is 11.9 Å². The SMILES string of the molecule is C=C(CC(=O)O)C(=O)OCC(CCCCC)Oc1ccc(C(=O)C(C)(C)O)cc1. The Morgan fingerprint density at radius 2 is 1.76 bits per heavy atom. The number of carboxylic acids is 1.